The maximum absolute atomic E-state index is 13.4. The molecule has 0 radical (unpaired) electrons. The zero-order chi connectivity index (χ0) is 31.0. The second-order valence-electron chi connectivity index (χ2n) is 9.24. The van der Waals surface area contributed by atoms with Gasteiger partial charge in [0.1, 0.15) is 11.5 Å². The molecule has 12 heteroatoms. The number of nitrogen functional groups attached to an aromatic ring is 1. The molecule has 0 aliphatic carbocycles. The van der Waals surface area contributed by atoms with E-state index in [9.17, 15) is 27.6 Å². The molecule has 0 spiro atoms. The molecular weight excluding hydrogens is 567 g/mol. The molecule has 0 saturated carbocycles. The van der Waals surface area contributed by atoms with Gasteiger partial charge in [-0.05, 0) is 71.3 Å². The van der Waals surface area contributed by atoms with Crippen molar-refractivity contribution in [3.63, 3.8) is 0 Å². The maximum atomic E-state index is 13.4. The van der Waals surface area contributed by atoms with Crippen molar-refractivity contribution in [1.82, 2.24) is 5.32 Å². The zero-order valence-corrected chi connectivity index (χ0v) is 22.5. The molecule has 4 aromatic carbocycles. The Morgan fingerprint density at radius 1 is 0.837 bits per heavy atom. The molecule has 4 N–H and O–H groups in total. The van der Waals surface area contributed by atoms with E-state index in [0.717, 1.165) is 23.3 Å². The summed E-state index contributed by atoms with van der Waals surface area (Å²) < 4.78 is 47.3. The first-order chi connectivity index (χ1) is 20.5. The van der Waals surface area contributed by atoms with E-state index in [4.69, 9.17) is 15.6 Å². The highest BCUT2D eigenvalue weighted by Crippen LogP contribution is 2.27. The van der Waals surface area contributed by atoms with Gasteiger partial charge in [-0.15, -0.1) is 13.2 Å². The number of hydrogen-bond donors (Lipinski definition) is 3. The number of carbonyl (C=O) groups is 3. The molecule has 4 aromatic rings. The topological polar surface area (TPSA) is 131 Å². The fraction of sp³-hybridized carbons (Fsp3) is 0.129. The molecule has 0 atom stereocenters. The van der Waals surface area contributed by atoms with Crippen molar-refractivity contribution in [3.05, 3.63) is 108 Å². The van der Waals surface area contributed by atoms with Crippen LogP contribution in [0.4, 0.5) is 29.3 Å². The minimum atomic E-state index is -4.85. The van der Waals surface area contributed by atoms with E-state index >= 15 is 0 Å². The normalized spacial score (nSPS) is 11.0. The minimum absolute atomic E-state index is 0.0944. The van der Waals surface area contributed by atoms with E-state index in [0.29, 0.717) is 11.3 Å². The van der Waals surface area contributed by atoms with Gasteiger partial charge in [0.2, 0.25) is 0 Å². The third kappa shape index (κ3) is 8.98. The van der Waals surface area contributed by atoms with Crippen LogP contribution in [-0.2, 0) is 11.3 Å². The molecule has 0 heterocycles. The van der Waals surface area contributed by atoms with Crippen LogP contribution in [0.2, 0.25) is 0 Å². The molecular formula is C31H26F3N3O6. The highest BCUT2D eigenvalue weighted by Gasteiger charge is 2.31. The van der Waals surface area contributed by atoms with E-state index in [1.54, 1.807) is 42.5 Å². The molecule has 0 bridgehead atoms. The van der Waals surface area contributed by atoms with Gasteiger partial charge in [-0.3, -0.25) is 14.5 Å². The number of nitrogens with two attached hydrogens (primary N) is 1. The number of anilines is 2. The van der Waals surface area contributed by atoms with Gasteiger partial charge < -0.3 is 25.6 Å². The van der Waals surface area contributed by atoms with Gasteiger partial charge in [-0.25, -0.2) is 4.79 Å². The number of ether oxygens (including phenoxy) is 2. The lowest BCUT2D eigenvalue weighted by Crippen LogP contribution is -2.33. The quantitative estimate of drug-likeness (QED) is 0.185. The Bertz CT molecular complexity index is 1570. The van der Waals surface area contributed by atoms with Crippen LogP contribution in [0.1, 0.15) is 22.3 Å². The van der Waals surface area contributed by atoms with Gasteiger partial charge in [0.05, 0.1) is 13.0 Å². The Hall–Kier alpha value is -5.52. The van der Waals surface area contributed by atoms with Gasteiger partial charge in [0.25, 0.3) is 5.91 Å². The highest BCUT2D eigenvalue weighted by atomic mass is 19.4. The first kappa shape index (κ1) is 30.4. The Labute approximate surface area is 244 Å². The number of hydrogen-bond acceptors (Lipinski definition) is 6. The Kier molecular flexibility index (Phi) is 9.51. The summed E-state index contributed by atoms with van der Waals surface area (Å²) in [7, 11) is 0. The second-order valence-corrected chi connectivity index (χ2v) is 9.24. The molecule has 9 nitrogen and oxygen atoms in total. The molecule has 0 fully saturated rings. The summed E-state index contributed by atoms with van der Waals surface area (Å²) in [4.78, 5) is 38.0. The number of amides is 2. The lowest BCUT2D eigenvalue weighted by atomic mass is 10.1. The molecule has 0 saturated heterocycles. The number of alkyl halides is 3. The summed E-state index contributed by atoms with van der Waals surface area (Å²) in [6, 6.07) is 25.0. The predicted octanol–water partition coefficient (Wildman–Crippen LogP) is 6.24. The van der Waals surface area contributed by atoms with Crippen LogP contribution in [0, 0.1) is 0 Å². The van der Waals surface area contributed by atoms with Gasteiger partial charge in [0, 0.05) is 23.5 Å². The highest BCUT2D eigenvalue weighted by molar-refractivity contribution is 5.97. The average Bonchev–Trinajstić information content (AvgIpc) is 2.96. The number of aliphatic carboxylic acids is 1. The Morgan fingerprint density at radius 3 is 2.05 bits per heavy atom. The fourth-order valence-electron chi connectivity index (χ4n) is 3.99. The zero-order valence-electron chi connectivity index (χ0n) is 22.5. The van der Waals surface area contributed by atoms with Crippen molar-refractivity contribution >= 4 is 29.3 Å². The van der Waals surface area contributed by atoms with Crippen molar-refractivity contribution < 1.29 is 42.1 Å². The van der Waals surface area contributed by atoms with Crippen LogP contribution in [0.15, 0.2) is 97.1 Å². The number of carboxylic acid groups (broad SMARTS) is 1. The van der Waals surface area contributed by atoms with Crippen molar-refractivity contribution in [2.24, 2.45) is 0 Å². The van der Waals surface area contributed by atoms with Gasteiger partial charge in [-0.1, -0.05) is 42.5 Å². The maximum Gasteiger partial charge on any atom is 0.573 e. The number of carboxylic acids is 1. The number of nitrogens with zero attached hydrogens (tertiary/aromatic N) is 1. The van der Waals surface area contributed by atoms with Crippen LogP contribution in [0.3, 0.4) is 0 Å². The molecule has 0 aliphatic heterocycles. The van der Waals surface area contributed by atoms with Crippen molar-refractivity contribution in [2.75, 3.05) is 17.2 Å². The van der Waals surface area contributed by atoms with E-state index in [-0.39, 0.29) is 36.5 Å². The number of rotatable bonds is 10. The molecule has 0 unspecified atom stereocenters. The van der Waals surface area contributed by atoms with Crippen LogP contribution in [-0.4, -0.2) is 36.0 Å². The summed E-state index contributed by atoms with van der Waals surface area (Å²) in [5.41, 5.74) is 9.00. The number of nitrogens with one attached hydrogen (secondary N) is 1. The van der Waals surface area contributed by atoms with Gasteiger partial charge >= 0.3 is 18.4 Å². The lowest BCUT2D eigenvalue weighted by Gasteiger charge is -2.23. The first-order valence-electron chi connectivity index (χ1n) is 12.9. The number of halogens is 3. The molecule has 4 rings (SSSR count). The molecule has 0 aliphatic rings. The largest absolute Gasteiger partial charge is 0.573 e. The SMILES string of the molecule is Nc1ccc(-c2ccc(OC(=O)N(Cc3ccc(OC(F)(F)F)cc3)c3cccc(C(=O)NCCC(=O)O)c3)cc2)cc1. The summed E-state index contributed by atoms with van der Waals surface area (Å²) in [6.07, 6.45) is -5.94. The average molecular weight is 594 g/mol. The van der Waals surface area contributed by atoms with Crippen LogP contribution in [0.5, 0.6) is 11.5 Å². The van der Waals surface area contributed by atoms with Gasteiger partial charge in [0.15, 0.2) is 0 Å². The standard InChI is InChI=1S/C31H26F3N3O6/c32-31(33,34)43-27-12-4-20(5-13-27)19-37(25-3-1-2-23(18-25)29(40)36-17-16-28(38)39)30(41)42-26-14-8-22(9-15-26)21-6-10-24(35)11-7-21/h1-15,18H,16-17,19,35H2,(H,36,40)(H,38,39). The van der Waals surface area contributed by atoms with Crippen LogP contribution >= 0.6 is 0 Å². The monoisotopic (exact) mass is 593 g/mol. The third-order valence-electron chi connectivity index (χ3n) is 6.07. The first-order valence-corrected chi connectivity index (χ1v) is 12.9. The van der Waals surface area contributed by atoms with E-state index in [1.807, 2.05) is 12.1 Å². The summed E-state index contributed by atoms with van der Waals surface area (Å²) in [5.74, 6) is -1.82. The number of benzene rings is 4. The van der Waals surface area contributed by atoms with E-state index in [2.05, 4.69) is 10.1 Å². The van der Waals surface area contributed by atoms with E-state index in [1.165, 1.54) is 35.2 Å². The molecule has 0 aromatic heterocycles. The molecule has 222 valence electrons. The third-order valence-corrected chi connectivity index (χ3v) is 6.07. The molecule has 2 amide bonds. The smallest absolute Gasteiger partial charge is 0.481 e. The van der Waals surface area contributed by atoms with Gasteiger partial charge in [-0.2, -0.15) is 0 Å². The molecule has 43 heavy (non-hydrogen) atoms. The Morgan fingerprint density at radius 2 is 1.44 bits per heavy atom. The summed E-state index contributed by atoms with van der Waals surface area (Å²) >= 11 is 0. The second kappa shape index (κ2) is 13.4. The predicted molar refractivity (Wildman–Crippen MR) is 153 cm³/mol. The minimum Gasteiger partial charge on any atom is -0.481 e. The summed E-state index contributed by atoms with van der Waals surface area (Å²) in [6.45, 7) is -0.221. The van der Waals surface area contributed by atoms with Crippen molar-refractivity contribution in [1.29, 1.82) is 0 Å². The van der Waals surface area contributed by atoms with Crippen LogP contribution < -0.4 is 25.4 Å². The Balaban J connectivity index is 1.57. The summed E-state index contributed by atoms with van der Waals surface area (Å²) in [5, 5.41) is 11.3. The lowest BCUT2D eigenvalue weighted by molar-refractivity contribution is -0.274. The number of carbonyl (C=O) groups excluding carboxylic acids is 2. The van der Waals surface area contributed by atoms with Crippen molar-refractivity contribution in [2.45, 2.75) is 19.3 Å². The van der Waals surface area contributed by atoms with E-state index < -0.39 is 30.1 Å². The fourth-order valence-corrected chi connectivity index (χ4v) is 3.99. The van der Waals surface area contributed by atoms with Crippen LogP contribution in [0.25, 0.3) is 11.1 Å². The van der Waals surface area contributed by atoms with Crippen molar-refractivity contribution in [3.8, 4) is 22.6 Å².